The first kappa shape index (κ1) is 14.1. The highest BCUT2D eigenvalue weighted by atomic mass is 14.9. The zero-order chi connectivity index (χ0) is 12.7. The van der Waals surface area contributed by atoms with E-state index >= 15 is 0 Å². The number of aromatic nitrogens is 2. The Morgan fingerprint density at radius 3 is 2.53 bits per heavy atom. The van der Waals surface area contributed by atoms with Crippen molar-refractivity contribution in [1.82, 2.24) is 15.3 Å². The first-order valence-corrected chi connectivity index (χ1v) is 6.63. The first-order chi connectivity index (χ1) is 8.13. The van der Waals surface area contributed by atoms with Gasteiger partial charge in [-0.05, 0) is 32.2 Å². The van der Waals surface area contributed by atoms with Crippen LogP contribution >= 0.6 is 0 Å². The van der Waals surface area contributed by atoms with E-state index in [4.69, 9.17) is 0 Å². The minimum absolute atomic E-state index is 0.519. The molecule has 17 heavy (non-hydrogen) atoms. The van der Waals surface area contributed by atoms with Crippen molar-refractivity contribution in [3.8, 4) is 0 Å². The fourth-order valence-corrected chi connectivity index (χ4v) is 2.03. The van der Waals surface area contributed by atoms with Crippen LogP contribution in [0.3, 0.4) is 0 Å². The summed E-state index contributed by atoms with van der Waals surface area (Å²) in [5, 5.41) is 3.61. The van der Waals surface area contributed by atoms with Crippen molar-refractivity contribution >= 4 is 0 Å². The molecular weight excluding hydrogens is 210 g/mol. The summed E-state index contributed by atoms with van der Waals surface area (Å²) < 4.78 is 0. The van der Waals surface area contributed by atoms with Crippen molar-refractivity contribution in [2.45, 2.75) is 53.0 Å². The Morgan fingerprint density at radius 2 is 1.94 bits per heavy atom. The van der Waals surface area contributed by atoms with Gasteiger partial charge in [-0.15, -0.1) is 0 Å². The monoisotopic (exact) mass is 235 g/mol. The largest absolute Gasteiger partial charge is 0.314 e. The number of rotatable bonds is 7. The Bertz CT molecular complexity index is 323. The number of nitrogens with one attached hydrogen (secondary N) is 1. The smallest absolute Gasteiger partial charge is 0.0631 e. The molecule has 0 bridgehead atoms. The van der Waals surface area contributed by atoms with E-state index in [2.05, 4.69) is 36.1 Å². The molecule has 0 saturated carbocycles. The molecule has 0 saturated heterocycles. The van der Waals surface area contributed by atoms with Crippen LogP contribution < -0.4 is 5.32 Å². The summed E-state index contributed by atoms with van der Waals surface area (Å²) in [5.41, 5.74) is 2.18. The Kier molecular flexibility index (Phi) is 6.12. The molecule has 1 unspecified atom stereocenters. The van der Waals surface area contributed by atoms with Crippen molar-refractivity contribution in [3.05, 3.63) is 23.8 Å². The van der Waals surface area contributed by atoms with E-state index < -0.39 is 0 Å². The van der Waals surface area contributed by atoms with Gasteiger partial charge in [0.05, 0.1) is 11.4 Å². The maximum Gasteiger partial charge on any atom is 0.0631 e. The van der Waals surface area contributed by atoms with Crippen LogP contribution in [0.4, 0.5) is 0 Å². The average molecular weight is 235 g/mol. The standard InChI is InChI=1S/C14H25N3/c1-5-6-16-13(9-11(2)3)10-14-12(4)15-7-8-17-14/h7-8,11,13,16H,5-6,9-10H2,1-4H3. The topological polar surface area (TPSA) is 37.8 Å². The van der Waals surface area contributed by atoms with Crippen LogP contribution in [-0.4, -0.2) is 22.6 Å². The number of hydrogen-bond acceptors (Lipinski definition) is 3. The van der Waals surface area contributed by atoms with Gasteiger partial charge in [-0.2, -0.15) is 0 Å². The molecule has 0 aliphatic carbocycles. The van der Waals surface area contributed by atoms with Gasteiger partial charge in [0.25, 0.3) is 0 Å². The fraction of sp³-hybridized carbons (Fsp3) is 0.714. The van der Waals surface area contributed by atoms with Crippen LogP contribution in [0.1, 0.15) is 45.0 Å². The van der Waals surface area contributed by atoms with E-state index in [0.717, 1.165) is 24.4 Å². The zero-order valence-electron chi connectivity index (χ0n) is 11.5. The molecule has 1 aromatic rings. The summed E-state index contributed by atoms with van der Waals surface area (Å²) in [7, 11) is 0. The minimum atomic E-state index is 0.519. The summed E-state index contributed by atoms with van der Waals surface area (Å²) in [4.78, 5) is 8.73. The Balaban J connectivity index is 2.61. The summed E-state index contributed by atoms with van der Waals surface area (Å²) in [6, 6.07) is 0.519. The molecular formula is C14H25N3. The third-order valence-electron chi connectivity index (χ3n) is 2.86. The molecule has 3 nitrogen and oxygen atoms in total. The van der Waals surface area contributed by atoms with Crippen molar-refractivity contribution in [1.29, 1.82) is 0 Å². The van der Waals surface area contributed by atoms with Crippen molar-refractivity contribution in [3.63, 3.8) is 0 Å². The van der Waals surface area contributed by atoms with Gasteiger partial charge < -0.3 is 5.32 Å². The molecule has 3 heteroatoms. The summed E-state index contributed by atoms with van der Waals surface area (Å²) in [6.45, 7) is 9.85. The summed E-state index contributed by atoms with van der Waals surface area (Å²) in [5.74, 6) is 0.710. The third kappa shape index (κ3) is 5.26. The van der Waals surface area contributed by atoms with Crippen LogP contribution in [-0.2, 0) is 6.42 Å². The Hall–Kier alpha value is -0.960. The van der Waals surface area contributed by atoms with Gasteiger partial charge in [0, 0.05) is 24.9 Å². The Morgan fingerprint density at radius 1 is 1.24 bits per heavy atom. The maximum absolute atomic E-state index is 4.43. The van der Waals surface area contributed by atoms with Gasteiger partial charge >= 0.3 is 0 Å². The Labute approximate surface area is 105 Å². The lowest BCUT2D eigenvalue weighted by Gasteiger charge is -2.20. The second-order valence-corrected chi connectivity index (χ2v) is 5.07. The van der Waals surface area contributed by atoms with Crippen LogP contribution in [0.2, 0.25) is 0 Å². The highest BCUT2D eigenvalue weighted by Gasteiger charge is 2.13. The van der Waals surface area contributed by atoms with E-state index in [0.29, 0.717) is 12.0 Å². The van der Waals surface area contributed by atoms with Gasteiger partial charge in [-0.1, -0.05) is 20.8 Å². The van der Waals surface area contributed by atoms with Gasteiger partial charge in [-0.3, -0.25) is 9.97 Å². The van der Waals surface area contributed by atoms with Crippen LogP contribution in [0.5, 0.6) is 0 Å². The predicted octanol–water partition coefficient (Wildman–Crippen LogP) is 2.74. The quantitative estimate of drug-likeness (QED) is 0.789. The average Bonchev–Trinajstić information content (AvgIpc) is 2.28. The molecule has 0 aliphatic heterocycles. The SMILES string of the molecule is CCCNC(Cc1nccnc1C)CC(C)C. The lowest BCUT2D eigenvalue weighted by Crippen LogP contribution is -2.33. The summed E-state index contributed by atoms with van der Waals surface area (Å²) in [6.07, 6.45) is 6.90. The molecule has 1 aromatic heterocycles. The first-order valence-electron chi connectivity index (χ1n) is 6.63. The van der Waals surface area contributed by atoms with Gasteiger partial charge in [0.1, 0.15) is 0 Å². The van der Waals surface area contributed by atoms with Gasteiger partial charge in [0.15, 0.2) is 0 Å². The van der Waals surface area contributed by atoms with Crippen LogP contribution in [0.25, 0.3) is 0 Å². The number of aryl methyl sites for hydroxylation is 1. The van der Waals surface area contributed by atoms with Crippen LogP contribution in [0, 0.1) is 12.8 Å². The van der Waals surface area contributed by atoms with E-state index in [1.54, 1.807) is 12.4 Å². The highest BCUT2D eigenvalue weighted by Crippen LogP contribution is 2.11. The van der Waals surface area contributed by atoms with E-state index in [-0.39, 0.29) is 0 Å². The molecule has 1 rings (SSSR count). The van der Waals surface area contributed by atoms with Gasteiger partial charge in [-0.25, -0.2) is 0 Å². The molecule has 0 fully saturated rings. The molecule has 0 aromatic carbocycles. The van der Waals surface area contributed by atoms with Crippen molar-refractivity contribution < 1.29 is 0 Å². The third-order valence-corrected chi connectivity index (χ3v) is 2.86. The van der Waals surface area contributed by atoms with Gasteiger partial charge in [0.2, 0.25) is 0 Å². The van der Waals surface area contributed by atoms with Crippen molar-refractivity contribution in [2.24, 2.45) is 5.92 Å². The number of hydrogen-bond donors (Lipinski definition) is 1. The molecule has 1 atom stereocenters. The minimum Gasteiger partial charge on any atom is -0.314 e. The molecule has 0 radical (unpaired) electrons. The van der Waals surface area contributed by atoms with E-state index in [1.165, 1.54) is 12.8 Å². The summed E-state index contributed by atoms with van der Waals surface area (Å²) >= 11 is 0. The molecule has 96 valence electrons. The zero-order valence-corrected chi connectivity index (χ0v) is 11.5. The maximum atomic E-state index is 4.43. The second kappa shape index (κ2) is 7.38. The predicted molar refractivity (Wildman–Crippen MR) is 72.0 cm³/mol. The molecule has 1 heterocycles. The lowest BCUT2D eigenvalue weighted by atomic mass is 9.99. The highest BCUT2D eigenvalue weighted by molar-refractivity contribution is 5.09. The molecule has 0 amide bonds. The molecule has 1 N–H and O–H groups in total. The second-order valence-electron chi connectivity index (χ2n) is 5.07. The molecule has 0 spiro atoms. The van der Waals surface area contributed by atoms with E-state index in [1.807, 2.05) is 6.92 Å². The van der Waals surface area contributed by atoms with Crippen LogP contribution in [0.15, 0.2) is 12.4 Å². The number of nitrogens with zero attached hydrogens (tertiary/aromatic N) is 2. The van der Waals surface area contributed by atoms with Crippen molar-refractivity contribution in [2.75, 3.05) is 6.54 Å². The van der Waals surface area contributed by atoms with E-state index in [9.17, 15) is 0 Å². The lowest BCUT2D eigenvalue weighted by molar-refractivity contribution is 0.413. The molecule has 0 aliphatic rings. The fourth-order valence-electron chi connectivity index (χ4n) is 2.03. The normalized spacial score (nSPS) is 13.0.